The van der Waals surface area contributed by atoms with Gasteiger partial charge in [-0.25, -0.2) is 0 Å². The van der Waals surface area contributed by atoms with Gasteiger partial charge in [-0.15, -0.1) is 0 Å². The first kappa shape index (κ1) is 10.5. The van der Waals surface area contributed by atoms with Gasteiger partial charge in [0.05, 0.1) is 0 Å². The molecule has 0 N–H and O–H groups in total. The predicted molar refractivity (Wildman–Crippen MR) is 70.3 cm³/mol. The average Bonchev–Trinajstić information content (AvgIpc) is 2.38. The molecule has 80 valence electrons. The van der Waals surface area contributed by atoms with Gasteiger partial charge in [-0.2, -0.15) is 0 Å². The van der Waals surface area contributed by atoms with Crippen molar-refractivity contribution in [3.8, 4) is 0 Å². The van der Waals surface area contributed by atoms with Crippen molar-refractivity contribution in [3.05, 3.63) is 72.4 Å². The van der Waals surface area contributed by atoms with Gasteiger partial charge in [0.2, 0.25) is 0 Å². The van der Waals surface area contributed by atoms with Crippen LogP contribution in [0, 0.1) is 0 Å². The number of hydrogen-bond acceptors (Lipinski definition) is 1. The molecule has 0 aromatic heterocycles. The van der Waals surface area contributed by atoms with Crippen LogP contribution in [0.3, 0.4) is 0 Å². The molecule has 0 spiro atoms. The zero-order valence-electron chi connectivity index (χ0n) is 9.38. The highest BCUT2D eigenvalue weighted by molar-refractivity contribution is 5.56. The van der Waals surface area contributed by atoms with Gasteiger partial charge >= 0.3 is 0 Å². The summed E-state index contributed by atoms with van der Waals surface area (Å²) < 4.78 is 0. The van der Waals surface area contributed by atoms with E-state index in [1.165, 1.54) is 11.3 Å². The Morgan fingerprint density at radius 1 is 0.812 bits per heavy atom. The van der Waals surface area contributed by atoms with Crippen LogP contribution in [-0.4, -0.2) is 7.05 Å². The summed E-state index contributed by atoms with van der Waals surface area (Å²) in [6, 6.07) is 20.6. The number of para-hydroxylation sites is 1. The highest BCUT2D eigenvalue weighted by Crippen LogP contribution is 2.12. The van der Waals surface area contributed by atoms with Crippen LogP contribution in [0.4, 0.5) is 5.69 Å². The molecule has 1 heteroatoms. The van der Waals surface area contributed by atoms with Crippen LogP contribution >= 0.6 is 0 Å². The predicted octanol–water partition coefficient (Wildman–Crippen LogP) is 3.79. The van der Waals surface area contributed by atoms with Crippen molar-refractivity contribution in [3.63, 3.8) is 0 Å². The number of nitrogens with zero attached hydrogens (tertiary/aromatic N) is 1. The first-order valence-electron chi connectivity index (χ1n) is 5.37. The fourth-order valence-electron chi connectivity index (χ4n) is 1.51. The first-order chi connectivity index (χ1) is 7.86. The molecular weight excluding hydrogens is 194 g/mol. The number of benzene rings is 2. The summed E-state index contributed by atoms with van der Waals surface area (Å²) in [5.74, 6) is 0. The fourth-order valence-corrected chi connectivity index (χ4v) is 1.51. The Kier molecular flexibility index (Phi) is 3.39. The Morgan fingerprint density at radius 3 is 2.00 bits per heavy atom. The van der Waals surface area contributed by atoms with Gasteiger partial charge in [0.15, 0.2) is 0 Å². The molecule has 1 nitrogen and oxygen atoms in total. The van der Waals surface area contributed by atoms with Crippen LogP contribution in [0.2, 0.25) is 0 Å². The van der Waals surface area contributed by atoms with E-state index >= 15 is 0 Å². The van der Waals surface area contributed by atoms with Crippen molar-refractivity contribution in [2.75, 3.05) is 11.9 Å². The zero-order chi connectivity index (χ0) is 11.2. The van der Waals surface area contributed by atoms with Gasteiger partial charge in [-0.3, -0.25) is 0 Å². The van der Waals surface area contributed by atoms with Crippen molar-refractivity contribution in [1.29, 1.82) is 0 Å². The second kappa shape index (κ2) is 5.17. The maximum absolute atomic E-state index is 2.10. The van der Waals surface area contributed by atoms with E-state index in [2.05, 4.69) is 48.5 Å². The Bertz CT molecular complexity index is 445. The standard InChI is InChI=1S/C15H15N/c1-16(15-10-6-3-7-11-15)13-12-14-8-4-2-5-9-14/h2-13H,1H3. The lowest BCUT2D eigenvalue weighted by atomic mass is 10.2. The smallest absolute Gasteiger partial charge is 0.0403 e. The Labute approximate surface area is 96.7 Å². The maximum atomic E-state index is 2.10. The second-order valence-electron chi connectivity index (χ2n) is 3.67. The lowest BCUT2D eigenvalue weighted by Gasteiger charge is -2.13. The van der Waals surface area contributed by atoms with Crippen molar-refractivity contribution in [2.24, 2.45) is 0 Å². The molecule has 0 radical (unpaired) electrons. The molecule has 0 atom stereocenters. The van der Waals surface area contributed by atoms with E-state index in [4.69, 9.17) is 0 Å². The molecule has 2 rings (SSSR count). The average molecular weight is 209 g/mol. The first-order valence-corrected chi connectivity index (χ1v) is 5.37. The third kappa shape index (κ3) is 2.74. The van der Waals surface area contributed by atoms with Crippen LogP contribution in [0.5, 0.6) is 0 Å². The fraction of sp³-hybridized carbons (Fsp3) is 0.0667. The molecule has 0 aliphatic rings. The molecule has 0 aliphatic heterocycles. The van der Waals surface area contributed by atoms with E-state index in [1.807, 2.05) is 36.4 Å². The second-order valence-corrected chi connectivity index (χ2v) is 3.67. The van der Waals surface area contributed by atoms with Crippen molar-refractivity contribution >= 4 is 11.8 Å². The third-order valence-corrected chi connectivity index (χ3v) is 2.45. The van der Waals surface area contributed by atoms with E-state index < -0.39 is 0 Å². The summed E-state index contributed by atoms with van der Waals surface area (Å²) in [4.78, 5) is 2.10. The number of rotatable bonds is 3. The highest BCUT2D eigenvalue weighted by atomic mass is 15.1. The lowest BCUT2D eigenvalue weighted by Crippen LogP contribution is -2.06. The minimum Gasteiger partial charge on any atom is -0.351 e. The van der Waals surface area contributed by atoms with Crippen LogP contribution in [-0.2, 0) is 0 Å². The van der Waals surface area contributed by atoms with Gasteiger partial charge in [0.1, 0.15) is 0 Å². The van der Waals surface area contributed by atoms with Crippen LogP contribution < -0.4 is 4.90 Å². The topological polar surface area (TPSA) is 3.24 Å². The summed E-state index contributed by atoms with van der Waals surface area (Å²) >= 11 is 0. The summed E-state index contributed by atoms with van der Waals surface area (Å²) in [5.41, 5.74) is 2.40. The molecule has 2 aromatic carbocycles. The van der Waals surface area contributed by atoms with E-state index in [0.29, 0.717) is 0 Å². The normalized spacial score (nSPS) is 10.6. The van der Waals surface area contributed by atoms with Gasteiger partial charge in [0.25, 0.3) is 0 Å². The van der Waals surface area contributed by atoms with E-state index in [0.717, 1.165) is 0 Å². The number of anilines is 1. The highest BCUT2D eigenvalue weighted by Gasteiger charge is 1.93. The quantitative estimate of drug-likeness (QED) is 0.743. The molecular formula is C15H15N. The Balaban J connectivity index is 2.08. The van der Waals surface area contributed by atoms with Crippen LogP contribution in [0.25, 0.3) is 6.08 Å². The van der Waals surface area contributed by atoms with Gasteiger partial charge in [0, 0.05) is 18.9 Å². The van der Waals surface area contributed by atoms with E-state index in [1.54, 1.807) is 0 Å². The van der Waals surface area contributed by atoms with Crippen LogP contribution in [0.1, 0.15) is 5.56 Å². The summed E-state index contributed by atoms with van der Waals surface area (Å²) in [7, 11) is 2.05. The minimum atomic E-state index is 1.19. The molecule has 0 heterocycles. The van der Waals surface area contributed by atoms with Gasteiger partial charge in [-0.05, 0) is 23.8 Å². The minimum absolute atomic E-state index is 1.19. The third-order valence-electron chi connectivity index (χ3n) is 2.45. The Morgan fingerprint density at radius 2 is 1.38 bits per heavy atom. The molecule has 0 saturated carbocycles. The molecule has 0 saturated heterocycles. The van der Waals surface area contributed by atoms with Crippen molar-refractivity contribution in [1.82, 2.24) is 0 Å². The monoisotopic (exact) mass is 209 g/mol. The SMILES string of the molecule is CN(C=Cc1ccccc1)c1ccccc1. The summed E-state index contributed by atoms with van der Waals surface area (Å²) in [6.07, 6.45) is 4.18. The molecule has 16 heavy (non-hydrogen) atoms. The molecule has 0 amide bonds. The summed E-state index contributed by atoms with van der Waals surface area (Å²) in [6.45, 7) is 0. The molecule has 0 aliphatic carbocycles. The maximum Gasteiger partial charge on any atom is 0.0403 e. The Hall–Kier alpha value is -2.02. The van der Waals surface area contributed by atoms with Crippen molar-refractivity contribution in [2.45, 2.75) is 0 Å². The van der Waals surface area contributed by atoms with E-state index in [-0.39, 0.29) is 0 Å². The lowest BCUT2D eigenvalue weighted by molar-refractivity contribution is 1.21. The zero-order valence-corrected chi connectivity index (χ0v) is 9.38. The summed E-state index contributed by atoms with van der Waals surface area (Å²) in [5, 5.41) is 0. The molecule has 2 aromatic rings. The molecule has 0 fully saturated rings. The number of hydrogen-bond donors (Lipinski definition) is 0. The largest absolute Gasteiger partial charge is 0.351 e. The molecule has 0 unspecified atom stereocenters. The van der Waals surface area contributed by atoms with Crippen LogP contribution in [0.15, 0.2) is 66.9 Å². The van der Waals surface area contributed by atoms with E-state index in [9.17, 15) is 0 Å². The van der Waals surface area contributed by atoms with Crippen molar-refractivity contribution < 1.29 is 0 Å². The molecule has 0 bridgehead atoms. The van der Waals surface area contributed by atoms with Gasteiger partial charge in [-0.1, -0.05) is 48.5 Å². The van der Waals surface area contributed by atoms with Gasteiger partial charge < -0.3 is 4.90 Å².